The zero-order valence-electron chi connectivity index (χ0n) is 13.4. The molecule has 0 saturated heterocycles. The van der Waals surface area contributed by atoms with E-state index in [9.17, 15) is 5.26 Å². The minimum Gasteiger partial charge on any atom is -0.309 e. The average molecular weight is 280 g/mol. The third-order valence-corrected chi connectivity index (χ3v) is 4.40. The van der Waals surface area contributed by atoms with Crippen molar-refractivity contribution in [2.24, 2.45) is 5.92 Å². The van der Waals surface area contributed by atoms with Gasteiger partial charge in [0.05, 0.1) is 11.5 Å². The summed E-state index contributed by atoms with van der Waals surface area (Å²) in [7, 11) is 4.12. The van der Waals surface area contributed by atoms with Crippen LogP contribution >= 0.6 is 0 Å². The fourth-order valence-electron chi connectivity index (χ4n) is 2.88. The zero-order valence-corrected chi connectivity index (χ0v) is 13.4. The van der Waals surface area contributed by atoms with Crippen LogP contribution in [-0.2, 0) is 5.41 Å². The van der Waals surface area contributed by atoms with Gasteiger partial charge in [0.2, 0.25) is 0 Å². The lowest BCUT2D eigenvalue weighted by atomic mass is 9.70. The Morgan fingerprint density at radius 1 is 1.10 bits per heavy atom. The summed E-state index contributed by atoms with van der Waals surface area (Å²) in [6.45, 7) is 5.21. The molecule has 2 heteroatoms. The maximum atomic E-state index is 9.92. The molecule has 0 unspecified atom stereocenters. The van der Waals surface area contributed by atoms with Crippen LogP contribution in [0.2, 0.25) is 0 Å². The number of hydrogen-bond donors (Lipinski definition) is 0. The summed E-state index contributed by atoms with van der Waals surface area (Å²) in [5.74, 6) is 0.281. The third kappa shape index (κ3) is 3.09. The Morgan fingerprint density at radius 2 is 1.76 bits per heavy atom. The Hall–Kier alpha value is -1.85. The highest BCUT2D eigenvalue weighted by atomic mass is 15.0. The van der Waals surface area contributed by atoms with Gasteiger partial charge in [0, 0.05) is 0 Å². The molecule has 0 N–H and O–H groups in total. The Kier molecular flexibility index (Phi) is 4.65. The second kappa shape index (κ2) is 6.28. The third-order valence-electron chi connectivity index (χ3n) is 4.40. The van der Waals surface area contributed by atoms with Gasteiger partial charge in [0.15, 0.2) is 0 Å². The van der Waals surface area contributed by atoms with E-state index >= 15 is 0 Å². The van der Waals surface area contributed by atoms with Gasteiger partial charge >= 0.3 is 0 Å². The first-order valence-corrected chi connectivity index (χ1v) is 7.55. The lowest BCUT2D eigenvalue weighted by Gasteiger charge is -2.32. The second-order valence-corrected chi connectivity index (χ2v) is 6.35. The molecular weight excluding hydrogens is 256 g/mol. The van der Waals surface area contributed by atoms with E-state index in [2.05, 4.69) is 75.3 Å². The second-order valence-electron chi connectivity index (χ2n) is 6.35. The van der Waals surface area contributed by atoms with Gasteiger partial charge in [-0.15, -0.1) is 0 Å². The molecule has 0 bridgehead atoms. The van der Waals surface area contributed by atoms with E-state index < -0.39 is 5.41 Å². The van der Waals surface area contributed by atoms with Crippen molar-refractivity contribution >= 4 is 10.8 Å². The van der Waals surface area contributed by atoms with Crippen molar-refractivity contribution < 1.29 is 0 Å². The van der Waals surface area contributed by atoms with Crippen LogP contribution in [0.15, 0.2) is 42.5 Å². The molecule has 0 radical (unpaired) electrons. The highest BCUT2D eigenvalue weighted by molar-refractivity contribution is 5.83. The van der Waals surface area contributed by atoms with Gasteiger partial charge in [-0.25, -0.2) is 0 Å². The van der Waals surface area contributed by atoms with Crippen LogP contribution in [0.4, 0.5) is 0 Å². The smallest absolute Gasteiger partial charge is 0.0857 e. The highest BCUT2D eigenvalue weighted by Crippen LogP contribution is 2.36. The lowest BCUT2D eigenvalue weighted by molar-refractivity contribution is 0.303. The summed E-state index contributed by atoms with van der Waals surface area (Å²) in [5, 5.41) is 12.4. The number of benzene rings is 2. The van der Waals surface area contributed by atoms with Crippen molar-refractivity contribution in [3.05, 3.63) is 48.0 Å². The fourth-order valence-corrected chi connectivity index (χ4v) is 2.88. The zero-order chi connectivity index (χ0) is 15.5. The summed E-state index contributed by atoms with van der Waals surface area (Å²) < 4.78 is 0. The molecular formula is C19H24N2. The minimum atomic E-state index is -0.422. The van der Waals surface area contributed by atoms with Gasteiger partial charge < -0.3 is 4.90 Å². The molecule has 0 aliphatic carbocycles. The van der Waals surface area contributed by atoms with Crippen LogP contribution < -0.4 is 0 Å². The van der Waals surface area contributed by atoms with Gasteiger partial charge in [-0.2, -0.15) is 5.26 Å². The van der Waals surface area contributed by atoms with Gasteiger partial charge in [0.1, 0.15) is 0 Å². The largest absolute Gasteiger partial charge is 0.309 e. The van der Waals surface area contributed by atoms with E-state index in [4.69, 9.17) is 0 Å². The monoisotopic (exact) mass is 280 g/mol. The first-order chi connectivity index (χ1) is 9.99. The minimum absolute atomic E-state index is 0.281. The summed E-state index contributed by atoms with van der Waals surface area (Å²) in [6.07, 6.45) is 0.854. The van der Waals surface area contributed by atoms with E-state index in [-0.39, 0.29) is 5.92 Å². The van der Waals surface area contributed by atoms with Crippen molar-refractivity contribution in [2.75, 3.05) is 20.6 Å². The van der Waals surface area contributed by atoms with E-state index in [1.165, 1.54) is 10.8 Å². The van der Waals surface area contributed by atoms with Gasteiger partial charge in [-0.05, 0) is 55.4 Å². The Morgan fingerprint density at radius 3 is 2.33 bits per heavy atom. The summed E-state index contributed by atoms with van der Waals surface area (Å²) in [5.41, 5.74) is 0.717. The molecule has 0 aliphatic rings. The molecule has 0 saturated carbocycles. The van der Waals surface area contributed by atoms with Crippen LogP contribution in [-0.4, -0.2) is 25.5 Å². The van der Waals surface area contributed by atoms with E-state index in [1.807, 2.05) is 6.07 Å². The molecule has 0 fully saturated rings. The first-order valence-electron chi connectivity index (χ1n) is 7.55. The molecule has 2 nitrogen and oxygen atoms in total. The van der Waals surface area contributed by atoms with Crippen LogP contribution in [0.1, 0.15) is 25.8 Å². The summed E-state index contributed by atoms with van der Waals surface area (Å²) in [6, 6.07) is 17.4. The molecule has 0 aromatic heterocycles. The fraction of sp³-hybridized carbons (Fsp3) is 0.421. The van der Waals surface area contributed by atoms with Crippen molar-refractivity contribution in [3.63, 3.8) is 0 Å². The van der Waals surface area contributed by atoms with Crippen LogP contribution in [0.5, 0.6) is 0 Å². The molecule has 0 heterocycles. The van der Waals surface area contributed by atoms with Crippen molar-refractivity contribution in [2.45, 2.75) is 25.7 Å². The summed E-state index contributed by atoms with van der Waals surface area (Å²) >= 11 is 0. The Labute approximate surface area is 128 Å². The molecule has 0 aliphatic heterocycles. The predicted molar refractivity (Wildman–Crippen MR) is 89.2 cm³/mol. The Balaban J connectivity index is 2.50. The van der Waals surface area contributed by atoms with Crippen molar-refractivity contribution in [1.29, 1.82) is 5.26 Å². The molecule has 1 atom stereocenters. The van der Waals surface area contributed by atoms with Gasteiger partial charge in [-0.1, -0.05) is 50.2 Å². The number of nitrogens with zero attached hydrogens (tertiary/aromatic N) is 2. The van der Waals surface area contributed by atoms with Gasteiger partial charge in [-0.3, -0.25) is 0 Å². The van der Waals surface area contributed by atoms with E-state index in [0.29, 0.717) is 0 Å². The number of fused-ring (bicyclic) bond motifs is 1. The lowest BCUT2D eigenvalue weighted by Crippen LogP contribution is -2.34. The maximum Gasteiger partial charge on any atom is 0.0857 e. The predicted octanol–water partition coefficient (Wildman–Crippen LogP) is 4.21. The maximum absolute atomic E-state index is 9.92. The molecule has 0 spiro atoms. The topological polar surface area (TPSA) is 27.0 Å². The molecule has 2 aromatic rings. The van der Waals surface area contributed by atoms with Crippen molar-refractivity contribution in [3.8, 4) is 6.07 Å². The van der Waals surface area contributed by atoms with E-state index in [0.717, 1.165) is 18.5 Å². The van der Waals surface area contributed by atoms with E-state index in [1.54, 1.807) is 0 Å². The Bertz CT molecular complexity index is 652. The van der Waals surface area contributed by atoms with Gasteiger partial charge in [0.25, 0.3) is 0 Å². The summed E-state index contributed by atoms with van der Waals surface area (Å²) in [4.78, 5) is 2.15. The van der Waals surface area contributed by atoms with Crippen LogP contribution in [0, 0.1) is 17.2 Å². The van der Waals surface area contributed by atoms with Crippen LogP contribution in [0.25, 0.3) is 10.8 Å². The van der Waals surface area contributed by atoms with Crippen molar-refractivity contribution in [1.82, 2.24) is 4.90 Å². The first kappa shape index (κ1) is 15.5. The average Bonchev–Trinajstić information content (AvgIpc) is 2.47. The molecule has 2 rings (SSSR count). The quantitative estimate of drug-likeness (QED) is 0.820. The molecule has 110 valence electrons. The molecule has 21 heavy (non-hydrogen) atoms. The number of hydrogen-bond acceptors (Lipinski definition) is 2. The van der Waals surface area contributed by atoms with Crippen LogP contribution in [0.3, 0.4) is 0 Å². The SMILES string of the molecule is CC(C)[C@@](C#N)(CCN(C)C)c1ccc2ccccc2c1. The standard InChI is InChI=1S/C19H24N2/c1-15(2)19(14-20,11-12-21(3)4)18-10-9-16-7-5-6-8-17(16)13-18/h5-10,13,15H,11-12H2,1-4H3/t19-/m0/s1. The normalized spacial score (nSPS) is 14.3. The highest BCUT2D eigenvalue weighted by Gasteiger charge is 2.35. The molecule has 0 amide bonds. The number of rotatable bonds is 5. The number of nitriles is 1. The molecule has 2 aromatic carbocycles.